The van der Waals surface area contributed by atoms with Gasteiger partial charge in [-0.3, -0.25) is 4.68 Å². The Bertz CT molecular complexity index is 1380. The molecule has 0 spiro atoms. The van der Waals surface area contributed by atoms with Crippen LogP contribution >= 0.6 is 0 Å². The van der Waals surface area contributed by atoms with Crippen molar-refractivity contribution in [3.63, 3.8) is 0 Å². The fourth-order valence-corrected chi connectivity index (χ4v) is 4.92. The Morgan fingerprint density at radius 3 is 2.68 bits per heavy atom. The van der Waals surface area contributed by atoms with Crippen LogP contribution in [0.4, 0.5) is 20.4 Å². The van der Waals surface area contributed by atoms with Gasteiger partial charge in [0.15, 0.2) is 17.3 Å². The average Bonchev–Trinajstić information content (AvgIpc) is 3.38. The molecule has 0 unspecified atom stereocenters. The van der Waals surface area contributed by atoms with Crippen molar-refractivity contribution in [1.29, 1.82) is 0 Å². The zero-order valence-electron chi connectivity index (χ0n) is 19.6. The first-order valence-corrected chi connectivity index (χ1v) is 11.4. The standard InChI is InChI=1S/C23H28F2N8O/c1-11-5-15(10-31(9-11)19-8-27-32(13(19)3)12(2)14(4)34)21-29-22-17-6-16(24)7-18(25)20(17)28-23(26)33(22)30-21/h6-8,11-12,14-15,34H,5,9-10H2,1-4H3,(H2,26,28)/t11-,12+,14+,15+/m1/s1. The SMILES string of the molecule is Cc1c(N2C[C@H](C)C[C@H](c3nc4c5cc(F)cc(F)c5nc(N)n4n3)C2)cnn1[C@@H](C)[C@H](C)O. The summed E-state index contributed by atoms with van der Waals surface area (Å²) < 4.78 is 31.4. The van der Waals surface area contributed by atoms with Crippen LogP contribution in [0.5, 0.6) is 0 Å². The van der Waals surface area contributed by atoms with E-state index in [1.165, 1.54) is 10.6 Å². The van der Waals surface area contributed by atoms with Crippen LogP contribution in [0.2, 0.25) is 0 Å². The van der Waals surface area contributed by atoms with Crippen LogP contribution in [0.1, 0.15) is 50.7 Å². The third-order valence-corrected chi connectivity index (χ3v) is 6.80. The Labute approximate surface area is 195 Å². The van der Waals surface area contributed by atoms with Gasteiger partial charge in [-0.05, 0) is 39.2 Å². The minimum Gasteiger partial charge on any atom is -0.391 e. The topological polar surface area (TPSA) is 110 Å². The number of aromatic nitrogens is 6. The number of aliphatic hydroxyl groups excluding tert-OH is 1. The van der Waals surface area contributed by atoms with Gasteiger partial charge >= 0.3 is 0 Å². The largest absolute Gasteiger partial charge is 0.391 e. The smallest absolute Gasteiger partial charge is 0.223 e. The van der Waals surface area contributed by atoms with Crippen LogP contribution in [0, 0.1) is 24.5 Å². The quantitative estimate of drug-likeness (QED) is 0.471. The van der Waals surface area contributed by atoms with E-state index in [4.69, 9.17) is 5.73 Å². The lowest BCUT2D eigenvalue weighted by atomic mass is 9.89. The highest BCUT2D eigenvalue weighted by molar-refractivity contribution is 5.92. The van der Waals surface area contributed by atoms with Gasteiger partial charge in [-0.15, -0.1) is 5.10 Å². The van der Waals surface area contributed by atoms with Crippen LogP contribution in [0.3, 0.4) is 0 Å². The second-order valence-electron chi connectivity index (χ2n) is 9.44. The zero-order chi connectivity index (χ0) is 24.3. The van der Waals surface area contributed by atoms with Gasteiger partial charge in [-0.25, -0.2) is 18.7 Å². The molecule has 0 aliphatic carbocycles. The molecule has 5 rings (SSSR count). The molecule has 180 valence electrons. The van der Waals surface area contributed by atoms with Crippen molar-refractivity contribution in [2.24, 2.45) is 5.92 Å². The summed E-state index contributed by atoms with van der Waals surface area (Å²) in [5, 5.41) is 19.3. The van der Waals surface area contributed by atoms with E-state index >= 15 is 0 Å². The maximum Gasteiger partial charge on any atom is 0.223 e. The molecule has 1 aliphatic rings. The molecule has 4 atom stereocenters. The summed E-state index contributed by atoms with van der Waals surface area (Å²) >= 11 is 0. The number of piperidine rings is 1. The highest BCUT2D eigenvalue weighted by Crippen LogP contribution is 2.34. The van der Waals surface area contributed by atoms with Crippen LogP contribution in [0.25, 0.3) is 16.6 Å². The van der Waals surface area contributed by atoms with Gasteiger partial charge in [-0.1, -0.05) is 6.92 Å². The van der Waals surface area contributed by atoms with Gasteiger partial charge in [0.25, 0.3) is 0 Å². The summed E-state index contributed by atoms with van der Waals surface area (Å²) in [6.45, 7) is 9.36. The molecule has 0 amide bonds. The number of anilines is 2. The molecule has 34 heavy (non-hydrogen) atoms. The number of nitrogens with two attached hydrogens (primary N) is 1. The van der Waals surface area contributed by atoms with Crippen molar-refractivity contribution < 1.29 is 13.9 Å². The van der Waals surface area contributed by atoms with Crippen molar-refractivity contribution in [1.82, 2.24) is 29.4 Å². The first kappa shape index (κ1) is 22.5. The fourth-order valence-electron chi connectivity index (χ4n) is 4.92. The van der Waals surface area contributed by atoms with Crippen molar-refractivity contribution in [2.75, 3.05) is 23.7 Å². The fraction of sp³-hybridized carbons (Fsp3) is 0.478. The molecule has 11 heteroatoms. The minimum absolute atomic E-state index is 0.00305. The van der Waals surface area contributed by atoms with E-state index in [-0.39, 0.29) is 34.5 Å². The van der Waals surface area contributed by atoms with E-state index in [0.29, 0.717) is 18.3 Å². The van der Waals surface area contributed by atoms with Gasteiger partial charge in [0.05, 0.1) is 35.1 Å². The van der Waals surface area contributed by atoms with Crippen LogP contribution in [-0.4, -0.2) is 53.7 Å². The van der Waals surface area contributed by atoms with Crippen molar-refractivity contribution >= 4 is 28.2 Å². The number of rotatable bonds is 4. The molecule has 9 nitrogen and oxygen atoms in total. The molecule has 1 aromatic carbocycles. The van der Waals surface area contributed by atoms with E-state index in [1.807, 2.05) is 24.7 Å². The predicted octanol–water partition coefficient (Wildman–Crippen LogP) is 3.21. The van der Waals surface area contributed by atoms with E-state index in [1.54, 1.807) is 6.92 Å². The minimum atomic E-state index is -0.787. The van der Waals surface area contributed by atoms with Crippen LogP contribution < -0.4 is 10.6 Å². The second kappa shape index (κ2) is 8.15. The molecule has 4 heterocycles. The van der Waals surface area contributed by atoms with Gasteiger partial charge < -0.3 is 15.7 Å². The van der Waals surface area contributed by atoms with Gasteiger partial charge in [0.1, 0.15) is 11.3 Å². The molecule has 1 aliphatic heterocycles. The summed E-state index contributed by atoms with van der Waals surface area (Å²) in [5.41, 5.74) is 8.28. The molecule has 1 fully saturated rings. The maximum atomic E-state index is 14.3. The molecule has 1 saturated heterocycles. The Morgan fingerprint density at radius 1 is 1.18 bits per heavy atom. The Morgan fingerprint density at radius 2 is 1.94 bits per heavy atom. The number of halogens is 2. The molecule has 3 aromatic heterocycles. The molecular weight excluding hydrogens is 442 g/mol. The van der Waals surface area contributed by atoms with Gasteiger partial charge in [0.2, 0.25) is 5.95 Å². The van der Waals surface area contributed by atoms with Crippen molar-refractivity contribution in [3.05, 3.63) is 41.5 Å². The van der Waals surface area contributed by atoms with E-state index in [2.05, 4.69) is 32.0 Å². The molecule has 0 bridgehead atoms. The summed E-state index contributed by atoms with van der Waals surface area (Å²) in [7, 11) is 0. The number of nitrogens with zero attached hydrogens (tertiary/aromatic N) is 7. The number of aliphatic hydroxyl groups is 1. The number of fused-ring (bicyclic) bond motifs is 3. The predicted molar refractivity (Wildman–Crippen MR) is 125 cm³/mol. The third-order valence-electron chi connectivity index (χ3n) is 6.80. The highest BCUT2D eigenvalue weighted by atomic mass is 19.1. The number of benzene rings is 1. The van der Waals surface area contributed by atoms with Crippen LogP contribution in [-0.2, 0) is 0 Å². The molecule has 0 saturated carbocycles. The van der Waals surface area contributed by atoms with Crippen molar-refractivity contribution in [2.45, 2.75) is 52.2 Å². The zero-order valence-corrected chi connectivity index (χ0v) is 19.6. The van der Waals surface area contributed by atoms with E-state index in [0.717, 1.165) is 30.4 Å². The third kappa shape index (κ3) is 3.64. The number of hydrogen-bond donors (Lipinski definition) is 2. The Balaban J connectivity index is 1.53. The summed E-state index contributed by atoms with van der Waals surface area (Å²) in [6.07, 6.45) is 2.17. The van der Waals surface area contributed by atoms with E-state index < -0.39 is 17.7 Å². The molecular formula is C23H28F2N8O. The van der Waals surface area contributed by atoms with Gasteiger partial charge in [-0.2, -0.15) is 9.61 Å². The first-order chi connectivity index (χ1) is 16.1. The monoisotopic (exact) mass is 470 g/mol. The lowest BCUT2D eigenvalue weighted by Crippen LogP contribution is -2.39. The molecule has 0 radical (unpaired) electrons. The second-order valence-corrected chi connectivity index (χ2v) is 9.44. The Kier molecular flexibility index (Phi) is 5.38. The highest BCUT2D eigenvalue weighted by Gasteiger charge is 2.31. The summed E-state index contributed by atoms with van der Waals surface area (Å²) in [5.74, 6) is -0.608. The van der Waals surface area contributed by atoms with Crippen LogP contribution in [0.15, 0.2) is 18.3 Å². The number of nitrogen functional groups attached to an aromatic ring is 1. The van der Waals surface area contributed by atoms with Gasteiger partial charge in [0, 0.05) is 25.1 Å². The summed E-state index contributed by atoms with van der Waals surface area (Å²) in [4.78, 5) is 11.0. The number of hydrogen-bond acceptors (Lipinski definition) is 7. The van der Waals surface area contributed by atoms with E-state index in [9.17, 15) is 13.9 Å². The lowest BCUT2D eigenvalue weighted by Gasteiger charge is -2.36. The first-order valence-electron chi connectivity index (χ1n) is 11.4. The maximum absolute atomic E-state index is 14.3. The lowest BCUT2D eigenvalue weighted by molar-refractivity contribution is 0.131. The average molecular weight is 471 g/mol. The molecule has 4 aromatic rings. The Hall–Kier alpha value is -3.34. The van der Waals surface area contributed by atoms with Crippen molar-refractivity contribution in [3.8, 4) is 0 Å². The molecule has 3 N–H and O–H groups in total. The normalized spacial score (nSPS) is 20.9. The summed E-state index contributed by atoms with van der Waals surface area (Å²) in [6, 6.07) is 1.84.